The summed E-state index contributed by atoms with van der Waals surface area (Å²) in [5, 5.41) is 0. The molecule has 96 valence electrons. The molecule has 0 amide bonds. The molecule has 4 atom stereocenters. The largest absolute Gasteiger partial charge is 0.365 e. The second-order valence-electron chi connectivity index (χ2n) is 6.71. The molecule has 1 aliphatic heterocycles. The van der Waals surface area contributed by atoms with E-state index < -0.39 is 0 Å². The second kappa shape index (κ2) is 3.55. The van der Waals surface area contributed by atoms with Gasteiger partial charge in [0.25, 0.3) is 0 Å². The molecule has 0 spiro atoms. The fraction of sp³-hybridized carbons (Fsp3) is 0.625. The first-order valence-electron chi connectivity index (χ1n) is 6.98. The molecule has 1 saturated heterocycles. The number of rotatable bonds is 3. The quantitative estimate of drug-likeness (QED) is 0.602. The Balaban J connectivity index is 1.49. The van der Waals surface area contributed by atoms with Crippen molar-refractivity contribution in [2.45, 2.75) is 43.3 Å². The summed E-state index contributed by atoms with van der Waals surface area (Å²) in [6.45, 7) is 4.89. The molecule has 1 aromatic carbocycles. The fourth-order valence-corrected chi connectivity index (χ4v) is 5.43. The van der Waals surface area contributed by atoms with Gasteiger partial charge < -0.3 is 4.74 Å². The summed E-state index contributed by atoms with van der Waals surface area (Å²) in [6, 6.07) is 10.7. The highest BCUT2D eigenvalue weighted by molar-refractivity contribution is 7.99. The highest BCUT2D eigenvalue weighted by Crippen LogP contribution is 2.71. The predicted molar refractivity (Wildman–Crippen MR) is 74.8 cm³/mol. The molecule has 0 N–H and O–H groups in total. The van der Waals surface area contributed by atoms with Crippen LogP contribution in [0.1, 0.15) is 26.7 Å². The SMILES string of the molecule is CC1(C)[C@H]2C[C@@H]3O[C@]3(CSc3ccccc3)[C@@H]1C2. The molecule has 4 fully saturated rings. The van der Waals surface area contributed by atoms with E-state index in [1.165, 1.54) is 17.7 Å². The van der Waals surface area contributed by atoms with Gasteiger partial charge in [-0.3, -0.25) is 0 Å². The van der Waals surface area contributed by atoms with Crippen LogP contribution in [-0.4, -0.2) is 17.5 Å². The van der Waals surface area contributed by atoms with Gasteiger partial charge in [0.1, 0.15) is 5.60 Å². The average molecular weight is 260 g/mol. The standard InChI is InChI=1S/C16H20OS/c1-15(2)11-8-13(15)16(14(9-11)17-16)10-18-12-6-4-3-5-7-12/h3-7,11,13-14H,8-10H2,1-2H3/t11-,13-,14+,16-/m1/s1. The van der Waals surface area contributed by atoms with Gasteiger partial charge in [-0.05, 0) is 42.2 Å². The van der Waals surface area contributed by atoms with Crippen LogP contribution in [0.5, 0.6) is 0 Å². The maximum Gasteiger partial charge on any atom is 0.107 e. The molecular weight excluding hydrogens is 240 g/mol. The van der Waals surface area contributed by atoms with Gasteiger partial charge in [-0.2, -0.15) is 0 Å². The van der Waals surface area contributed by atoms with E-state index in [9.17, 15) is 0 Å². The number of thioether (sulfide) groups is 1. The molecule has 4 aliphatic rings. The van der Waals surface area contributed by atoms with Gasteiger partial charge in [0.05, 0.1) is 6.10 Å². The van der Waals surface area contributed by atoms with E-state index in [-0.39, 0.29) is 5.60 Å². The maximum atomic E-state index is 6.16. The van der Waals surface area contributed by atoms with Crippen molar-refractivity contribution >= 4 is 11.8 Å². The minimum Gasteiger partial charge on any atom is -0.365 e. The van der Waals surface area contributed by atoms with Crippen LogP contribution in [0.25, 0.3) is 0 Å². The highest BCUT2D eigenvalue weighted by atomic mass is 32.2. The van der Waals surface area contributed by atoms with Crippen LogP contribution in [0.15, 0.2) is 35.2 Å². The summed E-state index contributed by atoms with van der Waals surface area (Å²) >= 11 is 1.97. The molecule has 1 nitrogen and oxygen atoms in total. The Morgan fingerprint density at radius 2 is 2.00 bits per heavy atom. The molecule has 2 bridgehead atoms. The Morgan fingerprint density at radius 1 is 1.22 bits per heavy atom. The molecule has 0 aromatic heterocycles. The van der Waals surface area contributed by atoms with E-state index in [0.29, 0.717) is 11.5 Å². The summed E-state index contributed by atoms with van der Waals surface area (Å²) in [7, 11) is 0. The molecule has 0 radical (unpaired) electrons. The van der Waals surface area contributed by atoms with E-state index in [1.807, 2.05) is 11.8 Å². The van der Waals surface area contributed by atoms with E-state index in [0.717, 1.165) is 17.6 Å². The molecule has 1 heterocycles. The fourth-order valence-electron chi connectivity index (χ4n) is 4.23. The van der Waals surface area contributed by atoms with Gasteiger partial charge in [-0.25, -0.2) is 0 Å². The predicted octanol–water partition coefficient (Wildman–Crippen LogP) is 3.98. The van der Waals surface area contributed by atoms with Crippen LogP contribution in [0.4, 0.5) is 0 Å². The van der Waals surface area contributed by atoms with Crippen molar-refractivity contribution in [2.75, 3.05) is 5.75 Å². The molecule has 3 saturated carbocycles. The molecule has 0 unspecified atom stereocenters. The number of hydrogen-bond acceptors (Lipinski definition) is 2. The van der Waals surface area contributed by atoms with Crippen molar-refractivity contribution in [1.29, 1.82) is 0 Å². The smallest absolute Gasteiger partial charge is 0.107 e. The number of benzene rings is 1. The molecule has 18 heavy (non-hydrogen) atoms. The van der Waals surface area contributed by atoms with Crippen molar-refractivity contribution in [3.63, 3.8) is 0 Å². The summed E-state index contributed by atoms with van der Waals surface area (Å²) < 4.78 is 6.16. The average Bonchev–Trinajstić information content (AvgIpc) is 3.12. The third-order valence-electron chi connectivity index (χ3n) is 5.62. The molecular formula is C16H20OS. The van der Waals surface area contributed by atoms with Crippen molar-refractivity contribution in [3.8, 4) is 0 Å². The van der Waals surface area contributed by atoms with Crippen molar-refractivity contribution < 1.29 is 4.74 Å². The monoisotopic (exact) mass is 260 g/mol. The van der Waals surface area contributed by atoms with Crippen LogP contribution >= 0.6 is 11.8 Å². The summed E-state index contributed by atoms with van der Waals surface area (Å²) in [4.78, 5) is 1.38. The first-order valence-corrected chi connectivity index (χ1v) is 7.97. The van der Waals surface area contributed by atoms with Gasteiger partial charge in [-0.15, -0.1) is 11.8 Å². The first kappa shape index (κ1) is 11.4. The van der Waals surface area contributed by atoms with Gasteiger partial charge >= 0.3 is 0 Å². The van der Waals surface area contributed by atoms with Crippen LogP contribution in [0, 0.1) is 17.3 Å². The lowest BCUT2D eigenvalue weighted by molar-refractivity contribution is -0.0774. The molecule has 1 aromatic rings. The van der Waals surface area contributed by atoms with Crippen molar-refractivity contribution in [3.05, 3.63) is 30.3 Å². The van der Waals surface area contributed by atoms with Crippen molar-refractivity contribution in [1.82, 2.24) is 0 Å². The highest BCUT2D eigenvalue weighted by Gasteiger charge is 2.74. The topological polar surface area (TPSA) is 12.5 Å². The Morgan fingerprint density at radius 3 is 2.72 bits per heavy atom. The first-order chi connectivity index (χ1) is 8.63. The number of ether oxygens (including phenoxy) is 1. The lowest BCUT2D eigenvalue weighted by Gasteiger charge is -2.58. The van der Waals surface area contributed by atoms with Crippen LogP contribution in [-0.2, 0) is 4.74 Å². The van der Waals surface area contributed by atoms with Gasteiger partial charge in [-0.1, -0.05) is 32.0 Å². The van der Waals surface area contributed by atoms with Crippen LogP contribution < -0.4 is 0 Å². The number of hydrogen-bond donors (Lipinski definition) is 0. The molecule has 3 aliphatic carbocycles. The van der Waals surface area contributed by atoms with E-state index in [1.54, 1.807) is 0 Å². The minimum absolute atomic E-state index is 0.221. The second-order valence-corrected chi connectivity index (χ2v) is 7.75. The summed E-state index contributed by atoms with van der Waals surface area (Å²) in [5.74, 6) is 2.86. The Labute approximate surface area is 113 Å². The Kier molecular flexibility index (Phi) is 2.24. The van der Waals surface area contributed by atoms with Crippen molar-refractivity contribution in [2.24, 2.45) is 17.3 Å². The molecule has 5 rings (SSSR count). The van der Waals surface area contributed by atoms with E-state index >= 15 is 0 Å². The number of epoxide rings is 1. The zero-order valence-electron chi connectivity index (χ0n) is 11.1. The van der Waals surface area contributed by atoms with Crippen LogP contribution in [0.2, 0.25) is 0 Å². The van der Waals surface area contributed by atoms with Gasteiger partial charge in [0.2, 0.25) is 0 Å². The van der Waals surface area contributed by atoms with Gasteiger partial charge in [0.15, 0.2) is 0 Å². The molecule has 2 heteroatoms. The summed E-state index contributed by atoms with van der Waals surface area (Å²) in [6.07, 6.45) is 3.28. The van der Waals surface area contributed by atoms with Crippen LogP contribution in [0.3, 0.4) is 0 Å². The van der Waals surface area contributed by atoms with Gasteiger partial charge in [0, 0.05) is 10.6 Å². The third-order valence-corrected chi connectivity index (χ3v) is 6.82. The Bertz CT molecular complexity index is 469. The van der Waals surface area contributed by atoms with E-state index in [2.05, 4.69) is 44.2 Å². The normalized spacial score (nSPS) is 42.9. The zero-order valence-corrected chi connectivity index (χ0v) is 11.9. The minimum atomic E-state index is 0.221. The lowest BCUT2D eigenvalue weighted by atomic mass is 9.46. The lowest BCUT2D eigenvalue weighted by Crippen LogP contribution is -2.58. The Hall–Kier alpha value is -0.470. The maximum absolute atomic E-state index is 6.16. The third kappa shape index (κ3) is 1.39. The van der Waals surface area contributed by atoms with E-state index in [4.69, 9.17) is 4.74 Å². The zero-order chi connectivity index (χ0) is 12.4. The summed E-state index contributed by atoms with van der Waals surface area (Å²) in [5.41, 5.74) is 0.739.